The molecule has 5 nitrogen and oxygen atoms in total. The van der Waals surface area contributed by atoms with Crippen LogP contribution in [0.15, 0.2) is 23.0 Å². The van der Waals surface area contributed by atoms with Crippen molar-refractivity contribution >= 4 is 0 Å². The van der Waals surface area contributed by atoms with Crippen molar-refractivity contribution in [3.8, 4) is 11.4 Å². The van der Waals surface area contributed by atoms with Crippen molar-refractivity contribution in [2.75, 3.05) is 0 Å². The van der Waals surface area contributed by atoms with Crippen LogP contribution in [-0.2, 0) is 6.42 Å². The lowest BCUT2D eigenvalue weighted by molar-refractivity contribution is 0.348. The van der Waals surface area contributed by atoms with E-state index in [4.69, 9.17) is 10.3 Å². The lowest BCUT2D eigenvalue weighted by atomic mass is 10.1. The van der Waals surface area contributed by atoms with Gasteiger partial charge in [-0.1, -0.05) is 25.4 Å². The van der Waals surface area contributed by atoms with Gasteiger partial charge in [0.25, 0.3) is 0 Å². The average Bonchev–Trinajstić information content (AvgIpc) is 2.88. The van der Waals surface area contributed by atoms with Crippen LogP contribution in [0.3, 0.4) is 0 Å². The number of aromatic nitrogens is 3. The summed E-state index contributed by atoms with van der Waals surface area (Å²) >= 11 is 0. The van der Waals surface area contributed by atoms with E-state index < -0.39 is 0 Å². The summed E-state index contributed by atoms with van der Waals surface area (Å²) in [6.45, 7) is 4.15. The van der Waals surface area contributed by atoms with Crippen molar-refractivity contribution in [2.24, 2.45) is 5.73 Å². The average molecular weight is 246 g/mol. The molecular weight excluding hydrogens is 228 g/mol. The Balaban J connectivity index is 2.29. The van der Waals surface area contributed by atoms with E-state index in [1.807, 2.05) is 12.3 Å². The minimum Gasteiger partial charge on any atom is -0.337 e. The number of pyridine rings is 1. The number of hydrogen-bond donors (Lipinski definition) is 1. The van der Waals surface area contributed by atoms with Crippen LogP contribution in [0.25, 0.3) is 11.4 Å². The van der Waals surface area contributed by atoms with Gasteiger partial charge in [0.15, 0.2) is 0 Å². The van der Waals surface area contributed by atoms with Gasteiger partial charge in [-0.3, -0.25) is 4.98 Å². The molecule has 0 amide bonds. The molecule has 96 valence electrons. The number of hydrogen-bond acceptors (Lipinski definition) is 5. The number of nitrogens with two attached hydrogens (primary N) is 1. The Morgan fingerprint density at radius 2 is 2.22 bits per heavy atom. The quantitative estimate of drug-likeness (QED) is 0.876. The van der Waals surface area contributed by atoms with Crippen LogP contribution in [0.5, 0.6) is 0 Å². The van der Waals surface area contributed by atoms with E-state index in [-0.39, 0.29) is 6.04 Å². The number of rotatable bonds is 5. The second kappa shape index (κ2) is 5.73. The zero-order valence-electron chi connectivity index (χ0n) is 10.8. The largest absolute Gasteiger partial charge is 0.337 e. The van der Waals surface area contributed by atoms with Crippen LogP contribution in [0, 0.1) is 0 Å². The molecule has 0 radical (unpaired) electrons. The van der Waals surface area contributed by atoms with E-state index in [0.29, 0.717) is 11.7 Å². The first kappa shape index (κ1) is 12.7. The van der Waals surface area contributed by atoms with Crippen molar-refractivity contribution in [1.29, 1.82) is 0 Å². The summed E-state index contributed by atoms with van der Waals surface area (Å²) in [4.78, 5) is 8.48. The molecular formula is C13H18N4O. The molecule has 0 fully saturated rings. The lowest BCUT2D eigenvalue weighted by Crippen LogP contribution is -2.09. The van der Waals surface area contributed by atoms with Crippen molar-refractivity contribution in [3.63, 3.8) is 0 Å². The molecule has 0 aliphatic rings. The van der Waals surface area contributed by atoms with Gasteiger partial charge in [0.2, 0.25) is 11.7 Å². The Morgan fingerprint density at radius 1 is 1.39 bits per heavy atom. The summed E-state index contributed by atoms with van der Waals surface area (Å²) in [5.41, 5.74) is 8.03. The van der Waals surface area contributed by atoms with Crippen molar-refractivity contribution in [2.45, 2.75) is 39.2 Å². The normalized spacial score (nSPS) is 12.6. The summed E-state index contributed by atoms with van der Waals surface area (Å²) in [7, 11) is 0. The van der Waals surface area contributed by atoms with Gasteiger partial charge in [-0.05, 0) is 24.5 Å². The zero-order valence-corrected chi connectivity index (χ0v) is 10.8. The minimum atomic E-state index is -0.178. The molecule has 0 saturated heterocycles. The smallest absolute Gasteiger partial charge is 0.243 e. The zero-order chi connectivity index (χ0) is 13.0. The van der Waals surface area contributed by atoms with E-state index in [2.05, 4.69) is 29.0 Å². The third kappa shape index (κ3) is 2.56. The Kier molecular flexibility index (Phi) is 4.04. The van der Waals surface area contributed by atoms with Gasteiger partial charge >= 0.3 is 0 Å². The van der Waals surface area contributed by atoms with Gasteiger partial charge in [-0.15, -0.1) is 0 Å². The summed E-state index contributed by atoms with van der Waals surface area (Å²) in [5.74, 6) is 1.10. The van der Waals surface area contributed by atoms with E-state index in [9.17, 15) is 0 Å². The molecule has 2 aromatic rings. The maximum absolute atomic E-state index is 5.96. The number of nitrogens with zero attached hydrogens (tertiary/aromatic N) is 3. The van der Waals surface area contributed by atoms with Crippen LogP contribution in [0.2, 0.25) is 0 Å². The third-order valence-electron chi connectivity index (χ3n) is 2.88. The van der Waals surface area contributed by atoms with Crippen LogP contribution in [-0.4, -0.2) is 15.1 Å². The minimum absolute atomic E-state index is 0.178. The molecule has 0 saturated carbocycles. The number of aryl methyl sites for hydroxylation is 1. The molecule has 0 aromatic carbocycles. The molecule has 2 rings (SSSR count). The topological polar surface area (TPSA) is 77.8 Å². The standard InChI is InChI=1S/C13H18N4O/c1-3-5-11(14)13-16-12(17-18-13)10-6-7-15-8-9(10)4-2/h6-8,11H,3-5,14H2,1-2H3. The van der Waals surface area contributed by atoms with Gasteiger partial charge in [-0.25, -0.2) is 0 Å². The maximum atomic E-state index is 5.96. The Hall–Kier alpha value is -1.75. The molecule has 1 atom stereocenters. The van der Waals surface area contributed by atoms with E-state index >= 15 is 0 Å². The first-order chi connectivity index (χ1) is 8.76. The van der Waals surface area contributed by atoms with E-state index in [1.165, 1.54) is 0 Å². The highest BCUT2D eigenvalue weighted by Gasteiger charge is 2.16. The third-order valence-corrected chi connectivity index (χ3v) is 2.88. The van der Waals surface area contributed by atoms with Crippen LogP contribution in [0.1, 0.15) is 44.2 Å². The Morgan fingerprint density at radius 3 is 2.94 bits per heavy atom. The Labute approximate surface area is 106 Å². The van der Waals surface area contributed by atoms with Crippen LogP contribution in [0.4, 0.5) is 0 Å². The first-order valence-electron chi connectivity index (χ1n) is 6.28. The second-order valence-electron chi connectivity index (χ2n) is 4.24. The van der Waals surface area contributed by atoms with Gasteiger partial charge < -0.3 is 10.3 Å². The summed E-state index contributed by atoms with van der Waals surface area (Å²) in [6, 6.07) is 1.72. The SMILES string of the molecule is CCCC(N)c1nc(-c2ccncc2CC)no1. The molecule has 1 unspecified atom stereocenters. The summed E-state index contributed by atoms with van der Waals surface area (Å²) in [5, 5.41) is 4.00. The predicted molar refractivity (Wildman–Crippen MR) is 68.7 cm³/mol. The lowest BCUT2D eigenvalue weighted by Gasteiger charge is -2.03. The second-order valence-corrected chi connectivity index (χ2v) is 4.24. The van der Waals surface area contributed by atoms with E-state index in [1.54, 1.807) is 6.20 Å². The fourth-order valence-corrected chi connectivity index (χ4v) is 1.86. The maximum Gasteiger partial charge on any atom is 0.243 e. The molecule has 2 aromatic heterocycles. The predicted octanol–water partition coefficient (Wildman–Crippen LogP) is 2.49. The highest BCUT2D eigenvalue weighted by molar-refractivity contribution is 5.58. The Bertz CT molecular complexity index is 509. The molecule has 0 aliphatic carbocycles. The van der Waals surface area contributed by atoms with Crippen molar-refractivity contribution in [3.05, 3.63) is 29.9 Å². The molecule has 2 heterocycles. The fraction of sp³-hybridized carbons (Fsp3) is 0.462. The molecule has 0 aliphatic heterocycles. The van der Waals surface area contributed by atoms with Crippen LogP contribution >= 0.6 is 0 Å². The highest BCUT2D eigenvalue weighted by atomic mass is 16.5. The molecule has 2 N–H and O–H groups in total. The van der Waals surface area contributed by atoms with Gasteiger partial charge in [0.1, 0.15) is 0 Å². The molecule has 18 heavy (non-hydrogen) atoms. The van der Waals surface area contributed by atoms with E-state index in [0.717, 1.165) is 30.4 Å². The monoisotopic (exact) mass is 246 g/mol. The molecule has 0 spiro atoms. The van der Waals surface area contributed by atoms with Gasteiger partial charge in [0, 0.05) is 18.0 Å². The fourth-order valence-electron chi connectivity index (χ4n) is 1.86. The summed E-state index contributed by atoms with van der Waals surface area (Å²) in [6.07, 6.45) is 6.29. The molecule has 5 heteroatoms. The van der Waals surface area contributed by atoms with Crippen molar-refractivity contribution in [1.82, 2.24) is 15.1 Å². The first-order valence-corrected chi connectivity index (χ1v) is 6.28. The molecule has 0 bridgehead atoms. The highest BCUT2D eigenvalue weighted by Crippen LogP contribution is 2.22. The summed E-state index contributed by atoms with van der Waals surface area (Å²) < 4.78 is 5.23. The van der Waals surface area contributed by atoms with Gasteiger partial charge in [-0.2, -0.15) is 4.98 Å². The van der Waals surface area contributed by atoms with Gasteiger partial charge in [0.05, 0.1) is 6.04 Å². The van der Waals surface area contributed by atoms with Crippen molar-refractivity contribution < 1.29 is 4.52 Å². The van der Waals surface area contributed by atoms with Crippen LogP contribution < -0.4 is 5.73 Å².